The zero-order valence-corrected chi connectivity index (χ0v) is 21.4. The fraction of sp³-hybridized carbons (Fsp3) is 0.296. The molecule has 40 heavy (non-hydrogen) atoms. The molecule has 1 aromatic heterocycles. The van der Waals surface area contributed by atoms with Crippen molar-refractivity contribution < 1.29 is 39.3 Å². The summed E-state index contributed by atoms with van der Waals surface area (Å²) in [5, 5.41) is 35.8. The van der Waals surface area contributed by atoms with E-state index in [1.54, 1.807) is 6.20 Å². The van der Waals surface area contributed by atoms with Crippen LogP contribution in [0.5, 0.6) is 5.75 Å². The predicted molar refractivity (Wildman–Crippen MR) is 143 cm³/mol. The van der Waals surface area contributed by atoms with Gasteiger partial charge in [-0.1, -0.05) is 30.3 Å². The third-order valence-corrected chi connectivity index (χ3v) is 6.16. The average Bonchev–Trinajstić information content (AvgIpc) is 3.32. The minimum Gasteiger partial charge on any atom is -0.508 e. The zero-order valence-electron chi connectivity index (χ0n) is 21.4. The Morgan fingerprint density at radius 1 is 0.875 bits per heavy atom. The number of aromatic hydroxyl groups is 1. The summed E-state index contributed by atoms with van der Waals surface area (Å²) in [4.78, 5) is 63.7. The van der Waals surface area contributed by atoms with E-state index in [1.165, 1.54) is 24.3 Å². The van der Waals surface area contributed by atoms with Crippen LogP contribution in [-0.2, 0) is 36.8 Å². The number of nitrogens with one attached hydrogen (secondary N) is 4. The number of rotatable bonds is 14. The molecule has 0 saturated carbocycles. The number of aromatic amines is 1. The van der Waals surface area contributed by atoms with E-state index in [2.05, 4.69) is 20.9 Å². The average molecular weight is 554 g/mol. The predicted octanol–water partition coefficient (Wildman–Crippen LogP) is 0.0212. The third kappa shape index (κ3) is 8.56. The second-order valence-electron chi connectivity index (χ2n) is 9.21. The van der Waals surface area contributed by atoms with E-state index < -0.39 is 60.8 Å². The van der Waals surface area contributed by atoms with Gasteiger partial charge in [0.1, 0.15) is 17.8 Å². The first-order valence-electron chi connectivity index (χ1n) is 12.4. The Kier molecular flexibility index (Phi) is 10.2. The molecule has 3 rings (SSSR count). The topological polar surface area (TPSA) is 224 Å². The molecule has 2 aromatic carbocycles. The van der Waals surface area contributed by atoms with Crippen LogP contribution in [0.2, 0.25) is 0 Å². The molecule has 0 aliphatic carbocycles. The number of amides is 3. The van der Waals surface area contributed by atoms with Gasteiger partial charge in [0.2, 0.25) is 17.7 Å². The van der Waals surface area contributed by atoms with Crippen LogP contribution in [0.15, 0.2) is 54.7 Å². The molecule has 212 valence electrons. The number of aliphatic carboxylic acids is 2. The molecular weight excluding hydrogens is 522 g/mol. The van der Waals surface area contributed by atoms with Crippen molar-refractivity contribution in [2.24, 2.45) is 5.73 Å². The van der Waals surface area contributed by atoms with E-state index in [4.69, 9.17) is 10.8 Å². The highest BCUT2D eigenvalue weighted by atomic mass is 16.4. The van der Waals surface area contributed by atoms with Crippen molar-refractivity contribution in [1.29, 1.82) is 0 Å². The maximum Gasteiger partial charge on any atom is 0.326 e. The van der Waals surface area contributed by atoms with Crippen LogP contribution in [0, 0.1) is 0 Å². The van der Waals surface area contributed by atoms with E-state index in [0.29, 0.717) is 5.56 Å². The molecule has 13 heteroatoms. The number of benzene rings is 2. The first-order valence-corrected chi connectivity index (χ1v) is 12.4. The highest BCUT2D eigenvalue weighted by Crippen LogP contribution is 2.19. The van der Waals surface area contributed by atoms with Crippen LogP contribution in [0.4, 0.5) is 0 Å². The third-order valence-electron chi connectivity index (χ3n) is 6.16. The second-order valence-corrected chi connectivity index (χ2v) is 9.21. The van der Waals surface area contributed by atoms with Crippen LogP contribution in [0.1, 0.15) is 24.0 Å². The standard InChI is InChI=1S/C27H31N5O8/c28-19(12-16-13-29-20-4-2-1-3-18(16)20)25(37)32-21(9-10-24(35)36)26(38)30-14-23(34)31-22(27(39)40)11-15-5-7-17(33)8-6-15/h1-8,13,19,21-22,29,33H,9-12,14,28H2,(H,30,38)(H,31,34)(H,32,37)(H,35,36)(H,39,40). The lowest BCUT2D eigenvalue weighted by atomic mass is 10.0. The van der Waals surface area contributed by atoms with E-state index in [0.717, 1.165) is 16.5 Å². The van der Waals surface area contributed by atoms with E-state index in [1.807, 2.05) is 24.3 Å². The van der Waals surface area contributed by atoms with Gasteiger partial charge in [0.25, 0.3) is 0 Å². The normalized spacial score (nSPS) is 13.1. The summed E-state index contributed by atoms with van der Waals surface area (Å²) in [5.41, 5.74) is 8.29. The van der Waals surface area contributed by atoms with Gasteiger partial charge in [-0.05, 0) is 42.2 Å². The molecule has 13 nitrogen and oxygen atoms in total. The summed E-state index contributed by atoms with van der Waals surface area (Å²) in [6, 6.07) is 9.60. The summed E-state index contributed by atoms with van der Waals surface area (Å²) < 4.78 is 0. The quantitative estimate of drug-likeness (QED) is 0.134. The van der Waals surface area contributed by atoms with Crippen molar-refractivity contribution in [2.45, 2.75) is 43.8 Å². The first-order chi connectivity index (χ1) is 19.0. The largest absolute Gasteiger partial charge is 0.508 e. The number of nitrogens with two attached hydrogens (primary N) is 1. The Morgan fingerprint density at radius 2 is 1.57 bits per heavy atom. The molecular formula is C27H31N5O8. The molecule has 0 fully saturated rings. The minimum atomic E-state index is -1.31. The summed E-state index contributed by atoms with van der Waals surface area (Å²) in [6.45, 7) is -0.612. The lowest BCUT2D eigenvalue weighted by molar-refractivity contribution is -0.141. The Morgan fingerprint density at radius 3 is 2.25 bits per heavy atom. The second kappa shape index (κ2) is 13.8. The van der Waals surface area contributed by atoms with Gasteiger partial charge in [0.05, 0.1) is 12.6 Å². The molecule has 0 radical (unpaired) electrons. The van der Waals surface area contributed by atoms with Crippen molar-refractivity contribution in [2.75, 3.05) is 6.54 Å². The summed E-state index contributed by atoms with van der Waals surface area (Å²) in [5.74, 6) is -4.80. The maximum atomic E-state index is 12.8. The molecule has 0 spiro atoms. The van der Waals surface area contributed by atoms with Crippen molar-refractivity contribution in [3.63, 3.8) is 0 Å². The van der Waals surface area contributed by atoms with Crippen molar-refractivity contribution in [1.82, 2.24) is 20.9 Å². The molecule has 3 unspecified atom stereocenters. The monoisotopic (exact) mass is 553 g/mol. The van der Waals surface area contributed by atoms with Crippen LogP contribution < -0.4 is 21.7 Å². The molecule has 0 aliphatic rings. The van der Waals surface area contributed by atoms with Gasteiger partial charge in [-0.3, -0.25) is 19.2 Å². The van der Waals surface area contributed by atoms with Crippen molar-refractivity contribution in [3.8, 4) is 5.75 Å². The van der Waals surface area contributed by atoms with Crippen LogP contribution in [0.25, 0.3) is 10.9 Å². The number of hydrogen-bond donors (Lipinski definition) is 8. The van der Waals surface area contributed by atoms with Crippen molar-refractivity contribution >= 4 is 40.6 Å². The van der Waals surface area contributed by atoms with Crippen molar-refractivity contribution in [3.05, 3.63) is 65.9 Å². The number of carboxylic acids is 2. The SMILES string of the molecule is NC(Cc1c[nH]c2ccccc12)C(=O)NC(CCC(=O)O)C(=O)NCC(=O)NC(Cc1ccc(O)cc1)C(=O)O. The number of carbonyl (C=O) groups is 5. The van der Waals surface area contributed by atoms with Gasteiger partial charge in [-0.15, -0.1) is 0 Å². The number of H-pyrrole nitrogens is 1. The molecule has 3 atom stereocenters. The zero-order chi connectivity index (χ0) is 29.2. The van der Waals surface area contributed by atoms with E-state index in [9.17, 15) is 34.2 Å². The number of phenols is 1. The lowest BCUT2D eigenvalue weighted by Crippen LogP contribution is -2.54. The van der Waals surface area contributed by atoms with Gasteiger partial charge in [0, 0.05) is 29.9 Å². The summed E-state index contributed by atoms with van der Waals surface area (Å²) in [6.07, 6.45) is 1.13. The fourth-order valence-corrected chi connectivity index (χ4v) is 4.05. The number of fused-ring (bicyclic) bond motifs is 1. The maximum absolute atomic E-state index is 12.8. The highest BCUT2D eigenvalue weighted by Gasteiger charge is 2.26. The highest BCUT2D eigenvalue weighted by molar-refractivity contribution is 5.93. The molecule has 0 saturated heterocycles. The minimum absolute atomic E-state index is 0.00540. The molecule has 1 heterocycles. The Hall–Kier alpha value is -4.91. The van der Waals surface area contributed by atoms with Gasteiger partial charge < -0.3 is 42.0 Å². The number of carbonyl (C=O) groups excluding carboxylic acids is 3. The smallest absolute Gasteiger partial charge is 0.326 e. The summed E-state index contributed by atoms with van der Waals surface area (Å²) in [7, 11) is 0. The van der Waals surface area contributed by atoms with Crippen LogP contribution in [-0.4, -0.2) is 74.6 Å². The molecule has 0 aliphatic heterocycles. The first kappa shape index (κ1) is 29.6. The number of para-hydroxylation sites is 1. The van der Waals surface area contributed by atoms with E-state index >= 15 is 0 Å². The molecule has 3 amide bonds. The lowest BCUT2D eigenvalue weighted by Gasteiger charge is -2.20. The Bertz CT molecular complexity index is 1370. The van der Waals surface area contributed by atoms with Gasteiger partial charge in [-0.25, -0.2) is 4.79 Å². The molecule has 3 aromatic rings. The van der Waals surface area contributed by atoms with Crippen LogP contribution in [0.3, 0.4) is 0 Å². The number of carboxylic acid groups (broad SMARTS) is 2. The van der Waals surface area contributed by atoms with Gasteiger partial charge >= 0.3 is 11.9 Å². The molecule has 9 N–H and O–H groups in total. The van der Waals surface area contributed by atoms with Gasteiger partial charge in [0.15, 0.2) is 0 Å². The number of aromatic nitrogens is 1. The summed E-state index contributed by atoms with van der Waals surface area (Å²) >= 11 is 0. The molecule has 0 bridgehead atoms. The van der Waals surface area contributed by atoms with Crippen LogP contribution >= 0.6 is 0 Å². The number of hydrogen-bond acceptors (Lipinski definition) is 7. The van der Waals surface area contributed by atoms with E-state index in [-0.39, 0.29) is 25.0 Å². The van der Waals surface area contributed by atoms with Gasteiger partial charge in [-0.2, -0.15) is 0 Å². The number of phenolic OH excluding ortho intramolecular Hbond substituents is 1. The Balaban J connectivity index is 1.57. The fourth-order valence-electron chi connectivity index (χ4n) is 4.05. The Labute approximate surface area is 228 Å².